The molecule has 0 heterocycles. The monoisotopic (exact) mass is 196 g/mol. The number of rotatable bonds is 6. The van der Waals surface area contributed by atoms with Gasteiger partial charge >= 0.3 is 0 Å². The summed E-state index contributed by atoms with van der Waals surface area (Å²) in [6, 6.07) is 9.96. The van der Waals surface area contributed by atoms with Crippen molar-refractivity contribution < 1.29 is 15.2 Å². The fraction of sp³-hybridized carbons (Fsp3) is 0.455. The van der Waals surface area contributed by atoms with Crippen LogP contribution in [0.25, 0.3) is 0 Å². The molecule has 3 heteroatoms. The zero-order chi connectivity index (χ0) is 10.2. The maximum absolute atomic E-state index is 9.37. The Morgan fingerprint density at radius 1 is 1.36 bits per heavy atom. The number of benzene rings is 1. The van der Waals surface area contributed by atoms with Crippen LogP contribution in [0.15, 0.2) is 30.3 Å². The van der Waals surface area contributed by atoms with Crippen molar-refractivity contribution in [3.05, 3.63) is 35.9 Å². The second-order valence-electron chi connectivity index (χ2n) is 3.30. The van der Waals surface area contributed by atoms with Crippen molar-refractivity contribution in [2.45, 2.75) is 12.7 Å². The summed E-state index contributed by atoms with van der Waals surface area (Å²) >= 11 is 0. The summed E-state index contributed by atoms with van der Waals surface area (Å²) < 4.78 is 5.36. The number of likely N-dealkylation sites (N-methyl/N-ethyl adjacent to an activating group) is 1. The van der Waals surface area contributed by atoms with Gasteiger partial charge in [-0.15, -0.1) is 0 Å². The topological polar surface area (TPSA) is 46.1 Å². The number of hydrogen-bond donors (Lipinski definition) is 2. The zero-order valence-electron chi connectivity index (χ0n) is 8.52. The smallest absolute Gasteiger partial charge is 0.126 e. The van der Waals surface area contributed by atoms with Crippen LogP contribution in [0.3, 0.4) is 0 Å². The lowest BCUT2D eigenvalue weighted by atomic mass is 10.2. The summed E-state index contributed by atoms with van der Waals surface area (Å²) in [4.78, 5) is 0. The van der Waals surface area contributed by atoms with Gasteiger partial charge in [-0.2, -0.15) is 0 Å². The third-order valence-corrected chi connectivity index (χ3v) is 1.93. The molecule has 1 atom stereocenters. The number of aliphatic hydroxyl groups is 1. The highest BCUT2D eigenvalue weighted by Crippen LogP contribution is 2.00. The third kappa shape index (κ3) is 4.37. The summed E-state index contributed by atoms with van der Waals surface area (Å²) in [5.41, 5.74) is 1.14. The summed E-state index contributed by atoms with van der Waals surface area (Å²) in [5, 5.41) is 11.3. The molecule has 0 radical (unpaired) electrons. The van der Waals surface area contributed by atoms with Crippen LogP contribution in [-0.2, 0) is 11.3 Å². The van der Waals surface area contributed by atoms with E-state index in [0.717, 1.165) is 5.56 Å². The Bertz CT molecular complexity index is 238. The minimum absolute atomic E-state index is 0.372. The molecule has 14 heavy (non-hydrogen) atoms. The van der Waals surface area contributed by atoms with Crippen LogP contribution in [0, 0.1) is 0 Å². The van der Waals surface area contributed by atoms with Crippen molar-refractivity contribution in [3.63, 3.8) is 0 Å². The number of aliphatic hydroxyl groups excluding tert-OH is 1. The van der Waals surface area contributed by atoms with Crippen molar-refractivity contribution in [1.82, 2.24) is 0 Å². The Kier molecular flexibility index (Phi) is 5.22. The van der Waals surface area contributed by atoms with Gasteiger partial charge in [0.2, 0.25) is 0 Å². The van der Waals surface area contributed by atoms with Gasteiger partial charge in [0.05, 0.1) is 20.3 Å². The molecule has 0 saturated carbocycles. The average Bonchev–Trinajstić information content (AvgIpc) is 2.20. The van der Waals surface area contributed by atoms with Crippen molar-refractivity contribution in [2.24, 2.45) is 0 Å². The van der Waals surface area contributed by atoms with E-state index in [2.05, 4.69) is 0 Å². The van der Waals surface area contributed by atoms with Crippen molar-refractivity contribution >= 4 is 0 Å². The number of hydrogen-bond acceptors (Lipinski definition) is 2. The molecule has 0 spiro atoms. The lowest BCUT2D eigenvalue weighted by Gasteiger charge is -2.08. The second-order valence-corrected chi connectivity index (χ2v) is 3.30. The molecule has 0 aromatic heterocycles. The molecule has 1 rings (SSSR count). The first kappa shape index (κ1) is 11.2. The molecule has 78 valence electrons. The third-order valence-electron chi connectivity index (χ3n) is 1.93. The molecule has 0 aliphatic rings. The Labute approximate surface area is 84.7 Å². The first-order chi connectivity index (χ1) is 6.83. The van der Waals surface area contributed by atoms with Crippen molar-refractivity contribution in [2.75, 3.05) is 20.2 Å². The van der Waals surface area contributed by atoms with E-state index in [9.17, 15) is 5.11 Å². The molecule has 1 aromatic carbocycles. The van der Waals surface area contributed by atoms with Gasteiger partial charge in [-0.05, 0) is 5.56 Å². The molecule has 1 aromatic rings. The lowest BCUT2D eigenvalue weighted by Crippen LogP contribution is -2.82. The Balaban J connectivity index is 2.16. The fourth-order valence-electron chi connectivity index (χ4n) is 1.23. The summed E-state index contributed by atoms with van der Waals surface area (Å²) in [5.74, 6) is 0. The van der Waals surface area contributed by atoms with E-state index in [1.807, 2.05) is 42.7 Å². The summed E-state index contributed by atoms with van der Waals surface area (Å²) in [6.45, 7) is 1.66. The van der Waals surface area contributed by atoms with Gasteiger partial charge in [-0.1, -0.05) is 30.3 Å². The fourth-order valence-corrected chi connectivity index (χ4v) is 1.23. The van der Waals surface area contributed by atoms with E-state index < -0.39 is 0 Å². The van der Waals surface area contributed by atoms with Crippen LogP contribution in [0.5, 0.6) is 0 Å². The quantitative estimate of drug-likeness (QED) is 0.659. The van der Waals surface area contributed by atoms with E-state index in [0.29, 0.717) is 19.8 Å². The standard InChI is InChI=1S/C11H17NO2/c1-12-7-11(13)9-14-8-10-5-3-2-4-6-10/h2-6,11-13H,7-9H2,1H3/p+1/t11-/m0/s1. The molecular weight excluding hydrogens is 178 g/mol. The lowest BCUT2D eigenvalue weighted by molar-refractivity contribution is -0.634. The second kappa shape index (κ2) is 6.54. The van der Waals surface area contributed by atoms with E-state index in [4.69, 9.17) is 4.74 Å². The van der Waals surface area contributed by atoms with Gasteiger partial charge < -0.3 is 15.2 Å². The highest BCUT2D eigenvalue weighted by atomic mass is 16.5. The van der Waals surface area contributed by atoms with Crippen LogP contribution < -0.4 is 5.32 Å². The number of nitrogens with two attached hydrogens (primary N) is 1. The minimum atomic E-state index is -0.372. The predicted octanol–water partition coefficient (Wildman–Crippen LogP) is -0.243. The highest BCUT2D eigenvalue weighted by Gasteiger charge is 2.04. The maximum atomic E-state index is 9.37. The molecule has 0 amide bonds. The van der Waals surface area contributed by atoms with Crippen LogP contribution in [0.4, 0.5) is 0 Å². The maximum Gasteiger partial charge on any atom is 0.126 e. The molecule has 0 bridgehead atoms. The van der Waals surface area contributed by atoms with Crippen molar-refractivity contribution in [1.29, 1.82) is 0 Å². The Hall–Kier alpha value is -0.900. The van der Waals surface area contributed by atoms with Gasteiger partial charge in [0.1, 0.15) is 12.6 Å². The normalized spacial score (nSPS) is 12.7. The van der Waals surface area contributed by atoms with E-state index in [-0.39, 0.29) is 6.10 Å². The first-order valence-electron chi connectivity index (χ1n) is 4.90. The van der Waals surface area contributed by atoms with Gasteiger partial charge in [0, 0.05) is 0 Å². The number of quaternary nitrogens is 1. The highest BCUT2D eigenvalue weighted by molar-refractivity contribution is 5.13. The first-order valence-corrected chi connectivity index (χ1v) is 4.90. The SMILES string of the molecule is C[NH2+]C[C@H](O)COCc1ccccc1. The minimum Gasteiger partial charge on any atom is -0.385 e. The average molecular weight is 196 g/mol. The molecule has 0 saturated heterocycles. The van der Waals surface area contributed by atoms with Gasteiger partial charge in [-0.25, -0.2) is 0 Å². The van der Waals surface area contributed by atoms with Crippen LogP contribution in [-0.4, -0.2) is 31.4 Å². The largest absolute Gasteiger partial charge is 0.385 e. The van der Waals surface area contributed by atoms with Gasteiger partial charge in [-0.3, -0.25) is 0 Å². The molecule has 3 nitrogen and oxygen atoms in total. The van der Waals surface area contributed by atoms with Crippen LogP contribution >= 0.6 is 0 Å². The predicted molar refractivity (Wildman–Crippen MR) is 54.8 cm³/mol. The Morgan fingerprint density at radius 3 is 2.71 bits per heavy atom. The van der Waals surface area contributed by atoms with E-state index in [1.54, 1.807) is 0 Å². The van der Waals surface area contributed by atoms with Crippen molar-refractivity contribution in [3.8, 4) is 0 Å². The molecule has 3 N–H and O–H groups in total. The summed E-state index contributed by atoms with van der Waals surface area (Å²) in [7, 11) is 1.93. The van der Waals surface area contributed by atoms with Gasteiger partial charge in [0.25, 0.3) is 0 Å². The molecule has 0 aliphatic heterocycles. The zero-order valence-corrected chi connectivity index (χ0v) is 8.52. The number of ether oxygens (including phenoxy) is 1. The molecule has 0 unspecified atom stereocenters. The van der Waals surface area contributed by atoms with E-state index in [1.165, 1.54) is 0 Å². The molecular formula is C11H18NO2+. The van der Waals surface area contributed by atoms with Crippen LogP contribution in [0.1, 0.15) is 5.56 Å². The van der Waals surface area contributed by atoms with E-state index >= 15 is 0 Å². The summed E-state index contributed by atoms with van der Waals surface area (Å²) in [6.07, 6.45) is -0.372. The Morgan fingerprint density at radius 2 is 2.07 bits per heavy atom. The van der Waals surface area contributed by atoms with Crippen LogP contribution in [0.2, 0.25) is 0 Å². The molecule has 0 aliphatic carbocycles. The molecule has 0 fully saturated rings. The van der Waals surface area contributed by atoms with Gasteiger partial charge in [0.15, 0.2) is 0 Å².